The topological polar surface area (TPSA) is 145 Å². The predicted octanol–water partition coefficient (Wildman–Crippen LogP) is 6.82. The lowest BCUT2D eigenvalue weighted by Gasteiger charge is -2.49. The third kappa shape index (κ3) is 7.18. The van der Waals surface area contributed by atoms with Gasteiger partial charge in [0.05, 0.1) is 13.5 Å². The molecule has 4 aliphatic rings. The van der Waals surface area contributed by atoms with Crippen LogP contribution in [0.25, 0.3) is 33.4 Å². The van der Waals surface area contributed by atoms with Gasteiger partial charge in [-0.15, -0.1) is 11.8 Å². The van der Waals surface area contributed by atoms with Crippen molar-refractivity contribution >= 4 is 40.5 Å². The Kier molecular flexibility index (Phi) is 9.96. The molecule has 0 radical (unpaired) electrons. The summed E-state index contributed by atoms with van der Waals surface area (Å²) < 4.78 is 23.8. The molecular weight excluding hydrogens is 733 g/mol. The average molecular weight is 769 g/mol. The number of benzene rings is 5. The Balaban J connectivity index is 0.925. The second kappa shape index (κ2) is 15.3. The molecule has 3 heterocycles. The molecule has 0 spiro atoms. The SMILES string of the molecule is COc1ccc(-c2c3ccc(=O)cc-3oc3cc(OCc4ccc(OCC5=C(C(=O)O)N6C(=O)C(NC(=O)Cc7ccccc7)C6SC5)cc4)ccc23)c(C)c1. The number of hydrogen-bond donors (Lipinski definition) is 2. The molecule has 2 N–H and O–H groups in total. The van der Waals surface area contributed by atoms with Crippen LogP contribution < -0.4 is 25.0 Å². The van der Waals surface area contributed by atoms with Gasteiger partial charge in [-0.05, 0) is 77.7 Å². The van der Waals surface area contributed by atoms with E-state index in [0.29, 0.717) is 34.2 Å². The van der Waals surface area contributed by atoms with Gasteiger partial charge in [-0.2, -0.15) is 0 Å². The summed E-state index contributed by atoms with van der Waals surface area (Å²) in [5.74, 6) is 0.692. The van der Waals surface area contributed by atoms with E-state index in [-0.39, 0.29) is 36.7 Å². The smallest absolute Gasteiger partial charge is 0.352 e. The molecule has 8 rings (SSSR count). The van der Waals surface area contributed by atoms with Crippen LogP contribution in [0.4, 0.5) is 0 Å². The standard InChI is InChI=1S/C44H36N2O9S/c1-25-18-31(52-2)13-16-33(25)39-34-15-10-29(47)20-36(34)55-37-21-32(14-17-35(37)39)53-22-27-8-11-30(12-9-27)54-23-28-24-56-43-40(42(49)46(43)41(28)44(50)51)45-38(48)19-26-6-4-3-5-7-26/h3-18,20-21,40,43H,19,22-24H2,1-2H3,(H,45,48)(H,50,51). The number of nitrogens with zero attached hydrogens (tertiary/aromatic N) is 1. The second-order valence-corrected chi connectivity index (χ2v) is 14.7. The Morgan fingerprint density at radius 1 is 0.839 bits per heavy atom. The number of aliphatic carboxylic acids is 1. The number of nitrogens with one attached hydrogen (secondary N) is 1. The normalized spacial score (nSPS) is 16.3. The summed E-state index contributed by atoms with van der Waals surface area (Å²) in [6, 6.07) is 32.1. The van der Waals surface area contributed by atoms with Crippen LogP contribution in [0.15, 0.2) is 130 Å². The van der Waals surface area contributed by atoms with E-state index in [1.165, 1.54) is 28.8 Å². The van der Waals surface area contributed by atoms with Gasteiger partial charge in [0.1, 0.15) is 58.9 Å². The number of fused-ring (bicyclic) bond motifs is 3. The zero-order valence-corrected chi connectivity index (χ0v) is 31.3. The Morgan fingerprint density at radius 2 is 1.57 bits per heavy atom. The quantitative estimate of drug-likeness (QED) is 0.101. The maximum Gasteiger partial charge on any atom is 0.352 e. The third-order valence-electron chi connectivity index (χ3n) is 9.88. The van der Waals surface area contributed by atoms with Gasteiger partial charge in [-0.3, -0.25) is 19.3 Å². The number of thioether (sulfide) groups is 1. The lowest BCUT2D eigenvalue weighted by atomic mass is 9.91. The number of hydrogen-bond acceptors (Lipinski definition) is 9. The molecule has 4 aromatic carbocycles. The first-order chi connectivity index (χ1) is 27.2. The summed E-state index contributed by atoms with van der Waals surface area (Å²) in [4.78, 5) is 51.6. The summed E-state index contributed by atoms with van der Waals surface area (Å²) in [5, 5.41) is 13.2. The summed E-state index contributed by atoms with van der Waals surface area (Å²) in [7, 11) is 1.63. The van der Waals surface area contributed by atoms with Gasteiger partial charge < -0.3 is 29.1 Å². The predicted molar refractivity (Wildman–Crippen MR) is 212 cm³/mol. The second-order valence-electron chi connectivity index (χ2n) is 13.6. The molecule has 1 fully saturated rings. The molecule has 2 unspecified atom stereocenters. The highest BCUT2D eigenvalue weighted by molar-refractivity contribution is 8.00. The number of aryl methyl sites for hydroxylation is 1. The number of amides is 2. The Bertz CT molecular complexity index is 2550. The lowest BCUT2D eigenvalue weighted by molar-refractivity contribution is -0.150. The maximum absolute atomic E-state index is 13.1. The van der Waals surface area contributed by atoms with Crippen molar-refractivity contribution in [2.24, 2.45) is 0 Å². The molecule has 282 valence electrons. The molecule has 1 saturated heterocycles. The van der Waals surface area contributed by atoms with Crippen LogP contribution in [0.1, 0.15) is 16.7 Å². The van der Waals surface area contributed by atoms with Gasteiger partial charge in [0.25, 0.3) is 5.91 Å². The summed E-state index contributed by atoms with van der Waals surface area (Å²) in [5.41, 5.74) is 6.27. The molecule has 2 amide bonds. The van der Waals surface area contributed by atoms with Crippen molar-refractivity contribution in [1.82, 2.24) is 10.2 Å². The minimum absolute atomic E-state index is 0.0207. The van der Waals surface area contributed by atoms with E-state index in [4.69, 9.17) is 18.6 Å². The van der Waals surface area contributed by atoms with Crippen molar-refractivity contribution < 1.29 is 38.1 Å². The first-order valence-electron chi connectivity index (χ1n) is 17.9. The molecule has 1 aliphatic carbocycles. The first kappa shape index (κ1) is 36.4. The van der Waals surface area contributed by atoms with Gasteiger partial charge in [-0.1, -0.05) is 48.5 Å². The maximum atomic E-state index is 13.1. The van der Waals surface area contributed by atoms with Crippen LogP contribution in [-0.2, 0) is 27.4 Å². The highest BCUT2D eigenvalue weighted by atomic mass is 32.2. The van der Waals surface area contributed by atoms with E-state index in [2.05, 4.69) is 5.32 Å². The van der Waals surface area contributed by atoms with Crippen LogP contribution in [0.2, 0.25) is 0 Å². The van der Waals surface area contributed by atoms with E-state index in [0.717, 1.165) is 44.5 Å². The highest BCUT2D eigenvalue weighted by Crippen LogP contribution is 2.43. The molecule has 56 heavy (non-hydrogen) atoms. The van der Waals surface area contributed by atoms with Crippen LogP contribution in [0.5, 0.6) is 17.2 Å². The molecule has 12 heteroatoms. The number of carbonyl (C=O) groups excluding carboxylic acids is 2. The molecule has 0 aromatic heterocycles. The van der Waals surface area contributed by atoms with Crippen molar-refractivity contribution in [3.8, 4) is 39.7 Å². The minimum atomic E-state index is -1.22. The van der Waals surface area contributed by atoms with Crippen molar-refractivity contribution in [2.75, 3.05) is 19.5 Å². The van der Waals surface area contributed by atoms with Crippen LogP contribution in [0.3, 0.4) is 0 Å². The summed E-state index contributed by atoms with van der Waals surface area (Å²) >= 11 is 1.39. The third-order valence-corrected chi connectivity index (χ3v) is 11.2. The molecule has 3 aliphatic heterocycles. The van der Waals surface area contributed by atoms with Gasteiger partial charge in [0.15, 0.2) is 5.43 Å². The summed E-state index contributed by atoms with van der Waals surface area (Å²) in [6.45, 7) is 2.25. The first-order valence-corrected chi connectivity index (χ1v) is 18.9. The van der Waals surface area contributed by atoms with Gasteiger partial charge >= 0.3 is 5.97 Å². The molecular formula is C44H36N2O9S. The fraction of sp³-hybridized carbons (Fsp3) is 0.182. The van der Waals surface area contributed by atoms with Crippen LogP contribution in [-0.4, -0.2) is 58.7 Å². The van der Waals surface area contributed by atoms with Crippen LogP contribution >= 0.6 is 11.8 Å². The number of ether oxygens (including phenoxy) is 3. The van der Waals surface area contributed by atoms with E-state index in [1.807, 2.05) is 85.8 Å². The number of carboxylic acids is 1. The molecule has 11 nitrogen and oxygen atoms in total. The number of carbonyl (C=O) groups is 3. The van der Waals surface area contributed by atoms with Crippen LogP contribution in [0, 0.1) is 6.92 Å². The minimum Gasteiger partial charge on any atom is -0.497 e. The van der Waals surface area contributed by atoms with Crippen molar-refractivity contribution in [2.45, 2.75) is 31.4 Å². The molecule has 2 atom stereocenters. The van der Waals surface area contributed by atoms with E-state index >= 15 is 0 Å². The van der Waals surface area contributed by atoms with E-state index < -0.39 is 23.3 Å². The Morgan fingerprint density at radius 3 is 2.32 bits per heavy atom. The summed E-state index contributed by atoms with van der Waals surface area (Å²) in [6.07, 6.45) is 0.127. The zero-order valence-electron chi connectivity index (χ0n) is 30.4. The monoisotopic (exact) mass is 768 g/mol. The largest absolute Gasteiger partial charge is 0.497 e. The van der Waals surface area contributed by atoms with Crippen molar-refractivity contribution in [1.29, 1.82) is 0 Å². The van der Waals surface area contributed by atoms with Gasteiger partial charge in [0.2, 0.25) is 5.91 Å². The fourth-order valence-corrected chi connectivity index (χ4v) is 8.42. The Labute approximate surface area is 325 Å². The lowest BCUT2D eigenvalue weighted by Crippen LogP contribution is -2.70. The number of rotatable bonds is 12. The van der Waals surface area contributed by atoms with Gasteiger partial charge in [-0.25, -0.2) is 4.79 Å². The number of β-lactam (4-membered cyclic amide) rings is 1. The average Bonchev–Trinajstić information content (AvgIpc) is 3.20. The number of methoxy groups -OCH3 is 1. The Hall–Kier alpha value is -6.53. The highest BCUT2D eigenvalue weighted by Gasteiger charge is 2.54. The van der Waals surface area contributed by atoms with E-state index in [9.17, 15) is 24.3 Å². The molecule has 4 aromatic rings. The molecule has 0 bridgehead atoms. The van der Waals surface area contributed by atoms with Gasteiger partial charge in [0, 0.05) is 40.0 Å². The van der Waals surface area contributed by atoms with E-state index in [1.54, 1.807) is 25.3 Å². The van der Waals surface area contributed by atoms with Crippen molar-refractivity contribution in [3.63, 3.8) is 0 Å². The molecule has 0 saturated carbocycles. The van der Waals surface area contributed by atoms with Crippen molar-refractivity contribution in [3.05, 3.63) is 147 Å². The zero-order chi connectivity index (χ0) is 38.9. The fourth-order valence-electron chi connectivity index (χ4n) is 7.09. The number of carboxylic acid groups (broad SMARTS) is 1.